The lowest BCUT2D eigenvalue weighted by Gasteiger charge is -2.14. The summed E-state index contributed by atoms with van der Waals surface area (Å²) in [5.41, 5.74) is 0. The van der Waals surface area contributed by atoms with Gasteiger partial charge in [-0.05, 0) is 32.2 Å². The van der Waals surface area contributed by atoms with E-state index >= 15 is 0 Å². The van der Waals surface area contributed by atoms with Crippen LogP contribution in [0.2, 0.25) is 0 Å². The third-order valence-corrected chi connectivity index (χ3v) is 4.77. The highest BCUT2D eigenvalue weighted by Crippen LogP contribution is 2.18. The Morgan fingerprint density at radius 3 is 2.53 bits per heavy atom. The summed E-state index contributed by atoms with van der Waals surface area (Å²) in [6.45, 7) is 3.37. The van der Waals surface area contributed by atoms with Crippen molar-refractivity contribution in [1.29, 1.82) is 0 Å². The van der Waals surface area contributed by atoms with E-state index in [0.717, 1.165) is 25.4 Å². The van der Waals surface area contributed by atoms with Gasteiger partial charge in [0.15, 0.2) is 0 Å². The molecule has 1 N–H and O–H groups in total. The topological polar surface area (TPSA) is 49.4 Å². The second-order valence-electron chi connectivity index (χ2n) is 4.17. The first-order valence-corrected chi connectivity index (χ1v) is 7.34. The molecule has 1 aliphatic rings. The Bertz CT molecular complexity index is 273. The van der Waals surface area contributed by atoms with Crippen LogP contribution < -0.4 is 5.32 Å². The van der Waals surface area contributed by atoms with Crippen molar-refractivity contribution in [2.45, 2.75) is 38.6 Å². The highest BCUT2D eigenvalue weighted by Gasteiger charge is 2.20. The second-order valence-corrected chi connectivity index (χ2v) is 6.36. The zero-order chi connectivity index (χ0) is 11.3. The molecular formula is C10H22N2O2S. The van der Waals surface area contributed by atoms with E-state index in [1.54, 1.807) is 7.05 Å². The van der Waals surface area contributed by atoms with Gasteiger partial charge in [-0.3, -0.25) is 0 Å². The molecule has 1 rings (SSSR count). The molecule has 1 aliphatic carbocycles. The zero-order valence-electron chi connectivity index (χ0n) is 9.70. The van der Waals surface area contributed by atoms with Gasteiger partial charge in [0.25, 0.3) is 0 Å². The summed E-state index contributed by atoms with van der Waals surface area (Å²) < 4.78 is 24.6. The van der Waals surface area contributed by atoms with Crippen molar-refractivity contribution in [3.8, 4) is 0 Å². The molecule has 0 atom stereocenters. The monoisotopic (exact) mass is 234 g/mol. The van der Waals surface area contributed by atoms with E-state index in [4.69, 9.17) is 0 Å². The fourth-order valence-corrected chi connectivity index (χ4v) is 2.63. The smallest absolute Gasteiger partial charge is 0.213 e. The maximum Gasteiger partial charge on any atom is 0.213 e. The Morgan fingerprint density at radius 1 is 1.33 bits per heavy atom. The molecule has 0 aromatic rings. The largest absolute Gasteiger partial charge is 0.314 e. The van der Waals surface area contributed by atoms with Crippen LogP contribution in [0.25, 0.3) is 0 Å². The number of hydrogen-bond acceptors (Lipinski definition) is 3. The van der Waals surface area contributed by atoms with Gasteiger partial charge in [-0.1, -0.05) is 6.92 Å². The molecule has 0 unspecified atom stereocenters. The predicted octanol–water partition coefficient (Wildman–Crippen LogP) is 0.800. The van der Waals surface area contributed by atoms with Crippen LogP contribution in [0.1, 0.15) is 32.6 Å². The Hall–Kier alpha value is -0.130. The van der Waals surface area contributed by atoms with E-state index in [1.165, 1.54) is 17.1 Å². The third kappa shape index (κ3) is 4.95. The summed E-state index contributed by atoms with van der Waals surface area (Å²) in [7, 11) is -1.35. The molecule has 4 nitrogen and oxygen atoms in total. The minimum absolute atomic E-state index is 0.281. The number of nitrogens with one attached hydrogen (secondary N) is 1. The van der Waals surface area contributed by atoms with Gasteiger partial charge >= 0.3 is 0 Å². The number of nitrogens with zero attached hydrogens (tertiary/aromatic N) is 1. The van der Waals surface area contributed by atoms with Gasteiger partial charge in [0.1, 0.15) is 0 Å². The summed E-state index contributed by atoms with van der Waals surface area (Å²) >= 11 is 0. The van der Waals surface area contributed by atoms with Crippen LogP contribution in [0, 0.1) is 0 Å². The van der Waals surface area contributed by atoms with Gasteiger partial charge in [-0.15, -0.1) is 0 Å². The lowest BCUT2D eigenvalue weighted by atomic mass is 10.3. The number of rotatable bonds is 8. The summed E-state index contributed by atoms with van der Waals surface area (Å²) in [5.74, 6) is 0.281. The molecule has 0 spiro atoms. The number of sulfonamides is 1. The molecule has 0 radical (unpaired) electrons. The molecular weight excluding hydrogens is 212 g/mol. The van der Waals surface area contributed by atoms with Crippen LogP contribution in [0.4, 0.5) is 0 Å². The van der Waals surface area contributed by atoms with Crippen molar-refractivity contribution in [3.05, 3.63) is 0 Å². The van der Waals surface area contributed by atoms with Crippen molar-refractivity contribution in [2.24, 2.45) is 0 Å². The quantitative estimate of drug-likeness (QED) is 0.632. The molecule has 5 heteroatoms. The predicted molar refractivity (Wildman–Crippen MR) is 62.3 cm³/mol. The van der Waals surface area contributed by atoms with Crippen molar-refractivity contribution in [1.82, 2.24) is 9.62 Å². The highest BCUT2D eigenvalue weighted by atomic mass is 32.2. The van der Waals surface area contributed by atoms with Crippen molar-refractivity contribution >= 4 is 10.0 Å². The van der Waals surface area contributed by atoms with Gasteiger partial charge in [0.2, 0.25) is 10.0 Å². The van der Waals surface area contributed by atoms with Gasteiger partial charge in [0, 0.05) is 19.6 Å². The van der Waals surface area contributed by atoms with Gasteiger partial charge in [0.05, 0.1) is 5.75 Å². The molecule has 1 saturated carbocycles. The molecule has 0 heterocycles. The van der Waals surface area contributed by atoms with E-state index in [2.05, 4.69) is 5.32 Å². The average Bonchev–Trinajstić information content (AvgIpc) is 2.99. The third-order valence-electron chi connectivity index (χ3n) is 2.76. The first kappa shape index (κ1) is 12.9. The van der Waals surface area contributed by atoms with Crippen molar-refractivity contribution in [2.75, 3.05) is 25.9 Å². The van der Waals surface area contributed by atoms with E-state index in [-0.39, 0.29) is 5.75 Å². The standard InChI is InChI=1S/C10H22N2O2S/c1-3-12(2)15(13,14)9-5-4-8-11-10-6-7-10/h10-11H,3-9H2,1-2H3. The highest BCUT2D eigenvalue weighted by molar-refractivity contribution is 7.89. The number of hydrogen-bond donors (Lipinski definition) is 1. The molecule has 0 saturated heterocycles. The SMILES string of the molecule is CCN(C)S(=O)(=O)CCCCNC1CC1. The van der Waals surface area contributed by atoms with Gasteiger partial charge in [-0.2, -0.15) is 0 Å². The molecule has 0 aromatic carbocycles. The van der Waals surface area contributed by atoms with E-state index < -0.39 is 10.0 Å². The Balaban J connectivity index is 2.06. The molecule has 1 fully saturated rings. The second kappa shape index (κ2) is 5.82. The Morgan fingerprint density at radius 2 is 2.00 bits per heavy atom. The van der Waals surface area contributed by atoms with Crippen LogP contribution in [0.3, 0.4) is 0 Å². The van der Waals surface area contributed by atoms with Crippen LogP contribution in [0.5, 0.6) is 0 Å². The van der Waals surface area contributed by atoms with E-state index in [9.17, 15) is 8.42 Å². The molecule has 15 heavy (non-hydrogen) atoms. The molecule has 90 valence electrons. The van der Waals surface area contributed by atoms with Gasteiger partial charge < -0.3 is 5.32 Å². The van der Waals surface area contributed by atoms with Crippen LogP contribution in [-0.2, 0) is 10.0 Å². The first-order chi connectivity index (χ1) is 7.06. The lowest BCUT2D eigenvalue weighted by Crippen LogP contribution is -2.29. The van der Waals surface area contributed by atoms with E-state index in [0.29, 0.717) is 6.54 Å². The summed E-state index contributed by atoms with van der Waals surface area (Å²) in [6.07, 6.45) is 4.29. The molecule has 0 aromatic heterocycles. The Labute approximate surface area is 93.1 Å². The number of unbranched alkanes of at least 4 members (excludes halogenated alkanes) is 1. The normalized spacial score (nSPS) is 17.3. The maximum absolute atomic E-state index is 11.6. The minimum Gasteiger partial charge on any atom is -0.314 e. The lowest BCUT2D eigenvalue weighted by molar-refractivity contribution is 0.483. The fourth-order valence-electron chi connectivity index (χ4n) is 1.36. The summed E-state index contributed by atoms with van der Waals surface area (Å²) in [6, 6.07) is 0.722. The zero-order valence-corrected chi connectivity index (χ0v) is 10.5. The molecule has 0 aliphatic heterocycles. The minimum atomic E-state index is -2.99. The Kier molecular flexibility index (Phi) is 5.02. The van der Waals surface area contributed by atoms with Gasteiger partial charge in [-0.25, -0.2) is 12.7 Å². The van der Waals surface area contributed by atoms with Crippen molar-refractivity contribution < 1.29 is 8.42 Å². The van der Waals surface area contributed by atoms with Crippen LogP contribution >= 0.6 is 0 Å². The van der Waals surface area contributed by atoms with E-state index in [1.807, 2.05) is 6.92 Å². The molecule has 0 amide bonds. The first-order valence-electron chi connectivity index (χ1n) is 5.73. The maximum atomic E-state index is 11.6. The van der Waals surface area contributed by atoms with Crippen LogP contribution in [-0.4, -0.2) is 44.7 Å². The fraction of sp³-hybridized carbons (Fsp3) is 1.00. The molecule has 0 bridgehead atoms. The summed E-state index contributed by atoms with van der Waals surface area (Å²) in [4.78, 5) is 0. The summed E-state index contributed by atoms with van der Waals surface area (Å²) in [5, 5.41) is 3.38. The average molecular weight is 234 g/mol. The van der Waals surface area contributed by atoms with Crippen molar-refractivity contribution in [3.63, 3.8) is 0 Å². The van der Waals surface area contributed by atoms with Crippen LogP contribution in [0.15, 0.2) is 0 Å².